The number of allylic oxidation sites excluding steroid dienone is 3. The smallest absolute Gasteiger partial charge is 0.255 e. The van der Waals surface area contributed by atoms with Crippen LogP contribution < -0.4 is 5.32 Å². The maximum atomic E-state index is 13.1. The second kappa shape index (κ2) is 10.3. The molecule has 1 aliphatic rings. The zero-order valence-corrected chi connectivity index (χ0v) is 20.0. The fourth-order valence-electron chi connectivity index (χ4n) is 3.95. The molecule has 0 aliphatic heterocycles. The van der Waals surface area contributed by atoms with E-state index in [0.717, 1.165) is 49.3 Å². The number of carbonyl (C=O) groups excluding carboxylic acids is 1. The summed E-state index contributed by atoms with van der Waals surface area (Å²) in [5.41, 5.74) is 4.33. The Hall–Kier alpha value is -2.73. The molecule has 2 aromatic heterocycles. The lowest BCUT2D eigenvalue weighted by Gasteiger charge is -2.31. The number of hydrogen-bond acceptors (Lipinski definition) is 4. The van der Waals surface area contributed by atoms with Gasteiger partial charge in [-0.3, -0.25) is 9.79 Å². The van der Waals surface area contributed by atoms with Crippen LogP contribution in [0.3, 0.4) is 0 Å². The van der Waals surface area contributed by atoms with Gasteiger partial charge in [-0.25, -0.2) is 4.98 Å². The first-order valence-corrected chi connectivity index (χ1v) is 11.4. The Bertz CT molecular complexity index is 1020. The molecule has 2 heterocycles. The van der Waals surface area contributed by atoms with Crippen LogP contribution in [0.25, 0.3) is 11.2 Å². The van der Waals surface area contributed by atoms with Gasteiger partial charge in [-0.2, -0.15) is 0 Å². The summed E-state index contributed by atoms with van der Waals surface area (Å²) in [6.07, 6.45) is 11.5. The average molecular weight is 437 g/mol. The molecule has 172 valence electrons. The number of rotatable bonds is 7. The van der Waals surface area contributed by atoms with Gasteiger partial charge in [0, 0.05) is 24.1 Å². The summed E-state index contributed by atoms with van der Waals surface area (Å²) in [6, 6.07) is 4.05. The third-order valence-corrected chi connectivity index (χ3v) is 5.76. The molecule has 2 aromatic rings. The van der Waals surface area contributed by atoms with E-state index < -0.39 is 0 Å². The van der Waals surface area contributed by atoms with Crippen molar-refractivity contribution in [3.63, 3.8) is 0 Å². The summed E-state index contributed by atoms with van der Waals surface area (Å²) < 4.78 is 8.03. The maximum absolute atomic E-state index is 13.1. The van der Waals surface area contributed by atoms with Gasteiger partial charge < -0.3 is 14.5 Å². The molecule has 1 saturated carbocycles. The van der Waals surface area contributed by atoms with Crippen molar-refractivity contribution < 1.29 is 9.53 Å². The van der Waals surface area contributed by atoms with E-state index in [4.69, 9.17) is 9.72 Å². The largest absolute Gasteiger partial charge is 0.378 e. The van der Waals surface area contributed by atoms with Gasteiger partial charge in [0.2, 0.25) is 0 Å². The van der Waals surface area contributed by atoms with Crippen molar-refractivity contribution in [1.82, 2.24) is 14.7 Å². The van der Waals surface area contributed by atoms with Crippen molar-refractivity contribution in [2.24, 2.45) is 10.4 Å². The highest BCUT2D eigenvalue weighted by Gasteiger charge is 2.25. The van der Waals surface area contributed by atoms with Gasteiger partial charge in [-0.1, -0.05) is 26.8 Å². The second-order valence-electron chi connectivity index (χ2n) is 9.90. The molecule has 0 bridgehead atoms. The van der Waals surface area contributed by atoms with Gasteiger partial charge in [0.05, 0.1) is 24.0 Å². The second-order valence-corrected chi connectivity index (χ2v) is 9.90. The molecule has 1 amide bonds. The third kappa shape index (κ3) is 6.16. The van der Waals surface area contributed by atoms with E-state index in [0.29, 0.717) is 17.3 Å². The lowest BCUT2D eigenvalue weighted by atomic mass is 9.92. The number of nitrogens with one attached hydrogen (secondary N) is 1. The number of carbonyl (C=O) groups is 1. The average Bonchev–Trinajstić information content (AvgIpc) is 3.17. The number of aromatic nitrogens is 2. The molecule has 6 nitrogen and oxygen atoms in total. The molecule has 0 radical (unpaired) electrons. The highest BCUT2D eigenvalue weighted by atomic mass is 16.5. The molecule has 0 saturated heterocycles. The summed E-state index contributed by atoms with van der Waals surface area (Å²) in [4.78, 5) is 21.6. The summed E-state index contributed by atoms with van der Waals surface area (Å²) >= 11 is 0. The predicted molar refractivity (Wildman–Crippen MR) is 131 cm³/mol. The number of nitrogens with zero attached hydrogens (tertiary/aromatic N) is 3. The molecule has 32 heavy (non-hydrogen) atoms. The molecule has 1 fully saturated rings. The van der Waals surface area contributed by atoms with Crippen molar-refractivity contribution >= 4 is 23.8 Å². The van der Waals surface area contributed by atoms with Crippen LogP contribution in [0.1, 0.15) is 75.1 Å². The quantitative estimate of drug-likeness (QED) is 0.469. The van der Waals surface area contributed by atoms with Crippen molar-refractivity contribution in [2.75, 3.05) is 6.61 Å². The van der Waals surface area contributed by atoms with E-state index in [-0.39, 0.29) is 17.4 Å². The molecule has 0 atom stereocenters. The van der Waals surface area contributed by atoms with E-state index in [9.17, 15) is 4.79 Å². The predicted octanol–water partition coefficient (Wildman–Crippen LogP) is 5.36. The standard InChI is InChI=1S/C26H36N4O2/c1-18(8-7-14-27-6)23-16-19(2)30-15-13-22(24(30)29-23)25(31)28-20-9-11-21(12-10-20)32-17-26(3,4)5/h7-8,13-16,20-21H,6,9-12,17H2,1-5H3,(H,28,31)/b14-7-,18-8+. The summed E-state index contributed by atoms with van der Waals surface area (Å²) in [5.74, 6) is -0.0620. The first kappa shape index (κ1) is 23.9. The monoisotopic (exact) mass is 436 g/mol. The fourth-order valence-corrected chi connectivity index (χ4v) is 3.95. The van der Waals surface area contributed by atoms with Crippen LogP contribution >= 0.6 is 0 Å². The van der Waals surface area contributed by atoms with Gasteiger partial charge in [0.15, 0.2) is 0 Å². The van der Waals surface area contributed by atoms with Crippen molar-refractivity contribution in [1.29, 1.82) is 0 Å². The lowest BCUT2D eigenvalue weighted by molar-refractivity contribution is -0.0134. The highest BCUT2D eigenvalue weighted by Crippen LogP contribution is 2.25. The normalized spacial score (nSPS) is 20.1. The zero-order chi connectivity index (χ0) is 23.3. The Labute approximate surface area is 191 Å². The molecule has 0 aromatic carbocycles. The first-order valence-electron chi connectivity index (χ1n) is 11.4. The van der Waals surface area contributed by atoms with E-state index in [1.807, 2.05) is 48.7 Å². The van der Waals surface area contributed by atoms with E-state index in [2.05, 4.69) is 37.8 Å². The van der Waals surface area contributed by atoms with Crippen molar-refractivity contribution in [2.45, 2.75) is 72.4 Å². The van der Waals surface area contributed by atoms with Crippen LogP contribution in [0.2, 0.25) is 0 Å². The van der Waals surface area contributed by atoms with Crippen LogP contribution in [0.4, 0.5) is 0 Å². The van der Waals surface area contributed by atoms with Crippen LogP contribution in [0.5, 0.6) is 0 Å². The molecule has 1 N–H and O–H groups in total. The van der Waals surface area contributed by atoms with Crippen molar-refractivity contribution in [3.05, 3.63) is 53.6 Å². The molecule has 6 heteroatoms. The third-order valence-electron chi connectivity index (χ3n) is 5.76. The van der Waals surface area contributed by atoms with Crippen LogP contribution in [-0.4, -0.2) is 40.8 Å². The maximum Gasteiger partial charge on any atom is 0.255 e. The molecule has 0 unspecified atom stereocenters. The van der Waals surface area contributed by atoms with Crippen molar-refractivity contribution in [3.8, 4) is 0 Å². The lowest BCUT2D eigenvalue weighted by Crippen LogP contribution is -2.39. The number of amides is 1. The van der Waals surface area contributed by atoms with Gasteiger partial charge in [0.25, 0.3) is 5.91 Å². The van der Waals surface area contributed by atoms with Crippen LogP contribution in [-0.2, 0) is 4.74 Å². The van der Waals surface area contributed by atoms with Gasteiger partial charge in [-0.05, 0) is 75.4 Å². The zero-order valence-electron chi connectivity index (χ0n) is 20.0. The minimum Gasteiger partial charge on any atom is -0.378 e. The van der Waals surface area contributed by atoms with Crippen LogP contribution in [0, 0.1) is 12.3 Å². The molecule has 3 rings (SSSR count). The Kier molecular flexibility index (Phi) is 7.67. The Morgan fingerprint density at radius 1 is 1.34 bits per heavy atom. The number of aryl methyl sites for hydroxylation is 1. The van der Waals surface area contributed by atoms with Gasteiger partial charge >= 0.3 is 0 Å². The minimum atomic E-state index is -0.0620. The molecular formula is C26H36N4O2. The number of ether oxygens (including phenoxy) is 1. The Balaban J connectivity index is 1.69. The SMILES string of the molecule is C=N/C=C\C=C(/C)c1cc(C)n2ccc(C(=O)NC3CCC(OCC(C)(C)C)CC3)c2n1. The number of aliphatic imine (C=N–C) groups is 1. The number of fused-ring (bicyclic) bond motifs is 1. The van der Waals surface area contributed by atoms with Gasteiger partial charge in [-0.15, -0.1) is 0 Å². The topological polar surface area (TPSA) is 68.0 Å². The summed E-state index contributed by atoms with van der Waals surface area (Å²) in [5, 5.41) is 3.22. The Morgan fingerprint density at radius 3 is 2.72 bits per heavy atom. The van der Waals surface area contributed by atoms with E-state index in [1.54, 1.807) is 6.20 Å². The van der Waals surface area contributed by atoms with Gasteiger partial charge in [0.1, 0.15) is 5.65 Å². The van der Waals surface area contributed by atoms with Crippen LogP contribution in [0.15, 0.2) is 41.7 Å². The Morgan fingerprint density at radius 2 is 2.06 bits per heavy atom. The summed E-state index contributed by atoms with van der Waals surface area (Å²) in [6.45, 7) is 14.8. The van der Waals surface area contributed by atoms with E-state index in [1.165, 1.54) is 0 Å². The molecular weight excluding hydrogens is 400 g/mol. The number of hydrogen-bond donors (Lipinski definition) is 1. The molecule has 0 spiro atoms. The first-order chi connectivity index (χ1) is 15.2. The van der Waals surface area contributed by atoms with E-state index >= 15 is 0 Å². The summed E-state index contributed by atoms with van der Waals surface area (Å²) in [7, 11) is 0. The highest BCUT2D eigenvalue weighted by molar-refractivity contribution is 6.00. The fraction of sp³-hybridized carbons (Fsp3) is 0.500. The minimum absolute atomic E-state index is 0.0620. The molecule has 1 aliphatic carbocycles.